The average molecular weight is 351 g/mol. The Balaban J connectivity index is 1.71. The Bertz CT molecular complexity index is 924. The summed E-state index contributed by atoms with van der Waals surface area (Å²) in [6.07, 6.45) is 4.64. The zero-order valence-electron chi connectivity index (χ0n) is 16.0. The highest BCUT2D eigenvalue weighted by Gasteiger charge is 2.13. The van der Waals surface area contributed by atoms with Crippen molar-refractivity contribution in [2.45, 2.75) is 26.7 Å². The lowest BCUT2D eigenvalue weighted by atomic mass is 9.90. The number of para-hydroxylation sites is 2. The first-order chi connectivity index (χ1) is 13.2. The van der Waals surface area contributed by atoms with Gasteiger partial charge in [0.25, 0.3) is 0 Å². The normalized spacial score (nSPS) is 14.1. The molecule has 0 radical (unpaired) electrons. The Hall–Kier alpha value is -3.06. The Morgan fingerprint density at radius 2 is 1.11 bits per heavy atom. The van der Waals surface area contributed by atoms with Crippen molar-refractivity contribution in [2.24, 2.45) is 0 Å². The van der Waals surface area contributed by atoms with Crippen LogP contribution in [0.1, 0.15) is 32.3 Å². The number of benzene rings is 3. The largest absolute Gasteiger partial charge is 0.311 e. The molecule has 27 heavy (non-hydrogen) atoms. The summed E-state index contributed by atoms with van der Waals surface area (Å²) in [6, 6.07) is 30.1. The van der Waals surface area contributed by atoms with Crippen LogP contribution in [-0.2, 0) is 0 Å². The van der Waals surface area contributed by atoms with Crippen LogP contribution in [0.2, 0.25) is 0 Å². The fraction of sp³-hybridized carbons (Fsp3) is 0.154. The maximum Gasteiger partial charge on any atom is 0.0462 e. The van der Waals surface area contributed by atoms with Crippen molar-refractivity contribution >= 4 is 22.6 Å². The molecule has 4 rings (SSSR count). The van der Waals surface area contributed by atoms with Gasteiger partial charge in [0.05, 0.1) is 0 Å². The molecule has 0 saturated carbocycles. The minimum Gasteiger partial charge on any atom is -0.311 e. The lowest BCUT2D eigenvalue weighted by Gasteiger charge is -2.26. The number of allylic oxidation sites excluding steroid dienone is 4. The van der Waals surface area contributed by atoms with E-state index in [1.807, 2.05) is 0 Å². The third kappa shape index (κ3) is 3.73. The van der Waals surface area contributed by atoms with Crippen molar-refractivity contribution in [3.8, 4) is 0 Å². The van der Waals surface area contributed by atoms with Gasteiger partial charge in [0.2, 0.25) is 0 Å². The predicted molar refractivity (Wildman–Crippen MR) is 117 cm³/mol. The second-order valence-electron chi connectivity index (χ2n) is 7.19. The van der Waals surface area contributed by atoms with Crippen molar-refractivity contribution in [3.63, 3.8) is 0 Å². The fourth-order valence-corrected chi connectivity index (χ4v) is 3.63. The zero-order chi connectivity index (χ0) is 18.6. The molecule has 0 heterocycles. The van der Waals surface area contributed by atoms with Crippen LogP contribution in [0.5, 0.6) is 0 Å². The average Bonchev–Trinajstić information content (AvgIpc) is 2.72. The topological polar surface area (TPSA) is 3.24 Å². The van der Waals surface area contributed by atoms with Crippen LogP contribution in [0.25, 0.3) is 5.57 Å². The van der Waals surface area contributed by atoms with E-state index in [9.17, 15) is 0 Å². The van der Waals surface area contributed by atoms with Gasteiger partial charge in [-0.25, -0.2) is 0 Å². The molecular formula is C26H25N. The molecule has 0 atom stereocenters. The summed E-state index contributed by atoms with van der Waals surface area (Å²) in [5, 5.41) is 0. The lowest BCUT2D eigenvalue weighted by molar-refractivity contribution is 0.954. The molecule has 3 aromatic carbocycles. The fourth-order valence-electron chi connectivity index (χ4n) is 3.63. The summed E-state index contributed by atoms with van der Waals surface area (Å²) in [5.74, 6) is 0. The number of rotatable bonds is 4. The molecule has 0 N–H and O–H groups in total. The molecule has 134 valence electrons. The SMILES string of the molecule is CC1=C(C)CCC(c2ccc(N(c3ccccc3)c3ccccc3)cc2)=C1. The molecule has 0 aliphatic heterocycles. The van der Waals surface area contributed by atoms with Crippen molar-refractivity contribution in [2.75, 3.05) is 4.90 Å². The number of nitrogens with zero attached hydrogens (tertiary/aromatic N) is 1. The van der Waals surface area contributed by atoms with Crippen LogP contribution < -0.4 is 4.90 Å². The molecule has 0 saturated heterocycles. The summed E-state index contributed by atoms with van der Waals surface area (Å²) in [4.78, 5) is 2.30. The highest BCUT2D eigenvalue weighted by molar-refractivity contribution is 5.78. The van der Waals surface area contributed by atoms with Crippen molar-refractivity contribution in [1.82, 2.24) is 0 Å². The smallest absolute Gasteiger partial charge is 0.0462 e. The first-order valence-corrected chi connectivity index (χ1v) is 9.60. The summed E-state index contributed by atoms with van der Waals surface area (Å²) in [5.41, 5.74) is 9.20. The van der Waals surface area contributed by atoms with E-state index < -0.39 is 0 Å². The van der Waals surface area contributed by atoms with Crippen LogP contribution in [0, 0.1) is 0 Å². The Kier molecular flexibility index (Phi) is 4.93. The van der Waals surface area contributed by atoms with E-state index in [2.05, 4.69) is 110 Å². The maximum atomic E-state index is 2.35. The van der Waals surface area contributed by atoms with Gasteiger partial charge in [-0.3, -0.25) is 0 Å². The second kappa shape index (κ2) is 7.67. The summed E-state index contributed by atoms with van der Waals surface area (Å²) < 4.78 is 0. The number of hydrogen-bond acceptors (Lipinski definition) is 1. The standard InChI is InChI=1S/C26H25N/c1-20-13-14-23(19-21(20)2)22-15-17-26(18-16-22)27(24-9-5-3-6-10-24)25-11-7-4-8-12-25/h3-12,15-19H,13-14H2,1-2H3. The van der Waals surface area contributed by atoms with E-state index in [0.717, 1.165) is 6.42 Å². The number of anilines is 3. The minimum absolute atomic E-state index is 1.13. The van der Waals surface area contributed by atoms with Crippen LogP contribution in [0.15, 0.2) is 102 Å². The molecule has 0 spiro atoms. The van der Waals surface area contributed by atoms with Gasteiger partial charge in [0.1, 0.15) is 0 Å². The van der Waals surface area contributed by atoms with Gasteiger partial charge in [0, 0.05) is 17.1 Å². The third-order valence-electron chi connectivity index (χ3n) is 5.36. The van der Waals surface area contributed by atoms with Crippen molar-refractivity contribution in [1.29, 1.82) is 0 Å². The molecule has 1 aliphatic rings. The van der Waals surface area contributed by atoms with Crippen LogP contribution in [-0.4, -0.2) is 0 Å². The maximum absolute atomic E-state index is 2.35. The van der Waals surface area contributed by atoms with Crippen LogP contribution >= 0.6 is 0 Å². The quantitative estimate of drug-likeness (QED) is 0.466. The molecule has 0 bridgehead atoms. The summed E-state index contributed by atoms with van der Waals surface area (Å²) in [6.45, 7) is 4.46. The third-order valence-corrected chi connectivity index (χ3v) is 5.36. The Morgan fingerprint density at radius 3 is 1.63 bits per heavy atom. The lowest BCUT2D eigenvalue weighted by Crippen LogP contribution is -2.09. The van der Waals surface area contributed by atoms with Gasteiger partial charge in [-0.15, -0.1) is 0 Å². The Morgan fingerprint density at radius 1 is 0.593 bits per heavy atom. The first kappa shape index (κ1) is 17.4. The van der Waals surface area contributed by atoms with E-state index in [4.69, 9.17) is 0 Å². The summed E-state index contributed by atoms with van der Waals surface area (Å²) >= 11 is 0. The Labute approximate surface area is 162 Å². The summed E-state index contributed by atoms with van der Waals surface area (Å²) in [7, 11) is 0. The predicted octanol–water partition coefficient (Wildman–Crippen LogP) is 7.67. The minimum atomic E-state index is 1.13. The molecule has 0 fully saturated rings. The molecule has 1 heteroatoms. The highest BCUT2D eigenvalue weighted by Crippen LogP contribution is 2.36. The molecular weight excluding hydrogens is 326 g/mol. The van der Waals surface area contributed by atoms with E-state index >= 15 is 0 Å². The molecule has 3 aromatic rings. The zero-order valence-corrected chi connectivity index (χ0v) is 16.0. The van der Waals surface area contributed by atoms with E-state index in [1.165, 1.54) is 45.8 Å². The molecule has 0 amide bonds. The van der Waals surface area contributed by atoms with Gasteiger partial charge in [-0.2, -0.15) is 0 Å². The van der Waals surface area contributed by atoms with Gasteiger partial charge in [-0.1, -0.05) is 65.8 Å². The molecule has 0 aromatic heterocycles. The van der Waals surface area contributed by atoms with Gasteiger partial charge >= 0.3 is 0 Å². The molecule has 1 aliphatic carbocycles. The van der Waals surface area contributed by atoms with Crippen LogP contribution in [0.4, 0.5) is 17.1 Å². The van der Waals surface area contributed by atoms with E-state index in [-0.39, 0.29) is 0 Å². The van der Waals surface area contributed by atoms with Gasteiger partial charge in [-0.05, 0) is 74.2 Å². The van der Waals surface area contributed by atoms with Crippen molar-refractivity contribution in [3.05, 3.63) is 108 Å². The molecule has 1 nitrogen and oxygen atoms in total. The monoisotopic (exact) mass is 351 g/mol. The first-order valence-electron chi connectivity index (χ1n) is 9.60. The van der Waals surface area contributed by atoms with Crippen LogP contribution in [0.3, 0.4) is 0 Å². The second-order valence-corrected chi connectivity index (χ2v) is 7.19. The molecule has 0 unspecified atom stereocenters. The van der Waals surface area contributed by atoms with Crippen molar-refractivity contribution < 1.29 is 0 Å². The number of hydrogen-bond donors (Lipinski definition) is 0. The van der Waals surface area contributed by atoms with E-state index in [0.29, 0.717) is 0 Å². The van der Waals surface area contributed by atoms with Gasteiger partial charge < -0.3 is 4.90 Å². The van der Waals surface area contributed by atoms with Gasteiger partial charge in [0.15, 0.2) is 0 Å². The van der Waals surface area contributed by atoms with E-state index in [1.54, 1.807) is 0 Å². The highest BCUT2D eigenvalue weighted by atomic mass is 15.1.